The number of benzene rings is 2. The highest BCUT2D eigenvalue weighted by molar-refractivity contribution is 5.94. The molecule has 9 heteroatoms. The van der Waals surface area contributed by atoms with Crippen molar-refractivity contribution in [1.82, 2.24) is 25.1 Å². The number of carbonyl (C=O) groups excluding carboxylic acids is 1. The molecule has 4 rings (SSSR count). The molecule has 0 spiro atoms. The number of aliphatic hydroxyl groups excluding tert-OH is 1. The molecule has 8 nitrogen and oxygen atoms in total. The molecule has 2 atom stereocenters. The molecule has 2 heterocycles. The number of ether oxygens (including phenoxy) is 1. The van der Waals surface area contributed by atoms with Crippen LogP contribution in [0, 0.1) is 5.82 Å². The number of hydrogen-bond acceptors (Lipinski definition) is 6. The van der Waals surface area contributed by atoms with Crippen LogP contribution in [0.4, 0.5) is 4.39 Å². The minimum absolute atomic E-state index is 0.0385. The summed E-state index contributed by atoms with van der Waals surface area (Å²) in [6.45, 7) is 1.54. The van der Waals surface area contributed by atoms with Crippen molar-refractivity contribution >= 4 is 5.91 Å². The zero-order valence-corrected chi connectivity index (χ0v) is 16.3. The number of aromatic nitrogens is 4. The van der Waals surface area contributed by atoms with Crippen molar-refractivity contribution in [3.05, 3.63) is 71.8 Å². The third-order valence-electron chi connectivity index (χ3n) is 5.13. The Hall–Kier alpha value is -3.33. The van der Waals surface area contributed by atoms with Gasteiger partial charge in [-0.05, 0) is 53.6 Å². The fourth-order valence-electron chi connectivity index (χ4n) is 3.53. The summed E-state index contributed by atoms with van der Waals surface area (Å²) in [6.07, 6.45) is 1.37. The molecule has 0 bridgehead atoms. The van der Waals surface area contributed by atoms with Crippen molar-refractivity contribution in [1.29, 1.82) is 0 Å². The molecule has 156 valence electrons. The number of tetrazole rings is 1. The van der Waals surface area contributed by atoms with Crippen molar-refractivity contribution in [2.75, 3.05) is 19.7 Å². The lowest BCUT2D eigenvalue weighted by molar-refractivity contribution is 0.0788. The summed E-state index contributed by atoms with van der Waals surface area (Å²) in [7, 11) is 0. The Labute approximate surface area is 172 Å². The van der Waals surface area contributed by atoms with Gasteiger partial charge in [-0.15, -0.1) is 10.2 Å². The van der Waals surface area contributed by atoms with E-state index in [9.17, 15) is 14.3 Å². The van der Waals surface area contributed by atoms with Gasteiger partial charge in [0.15, 0.2) is 6.33 Å². The van der Waals surface area contributed by atoms with Gasteiger partial charge in [0.2, 0.25) is 0 Å². The second-order valence-electron chi connectivity index (χ2n) is 7.27. The van der Waals surface area contributed by atoms with E-state index in [0.29, 0.717) is 24.4 Å². The van der Waals surface area contributed by atoms with Crippen LogP contribution >= 0.6 is 0 Å². The van der Waals surface area contributed by atoms with E-state index in [-0.39, 0.29) is 30.8 Å². The number of rotatable bonds is 7. The summed E-state index contributed by atoms with van der Waals surface area (Å²) < 4.78 is 18.7. The molecular weight excluding hydrogens is 389 g/mol. The van der Waals surface area contributed by atoms with Gasteiger partial charge < -0.3 is 14.7 Å². The molecule has 0 radical (unpaired) electrons. The highest BCUT2D eigenvalue weighted by Gasteiger charge is 2.28. The van der Waals surface area contributed by atoms with Crippen LogP contribution in [-0.2, 0) is 6.54 Å². The fraction of sp³-hybridized carbons (Fsp3) is 0.333. The van der Waals surface area contributed by atoms with Crippen LogP contribution in [-0.4, -0.2) is 61.9 Å². The molecule has 0 saturated carbocycles. The van der Waals surface area contributed by atoms with E-state index >= 15 is 0 Å². The minimum atomic E-state index is -0.784. The summed E-state index contributed by atoms with van der Waals surface area (Å²) in [5.41, 5.74) is 1.63. The summed E-state index contributed by atoms with van der Waals surface area (Å²) >= 11 is 0. The van der Waals surface area contributed by atoms with Crippen LogP contribution in [0.1, 0.15) is 28.3 Å². The number of hydrogen-bond donors (Lipinski definition) is 1. The number of amides is 1. The van der Waals surface area contributed by atoms with Gasteiger partial charge in [0.25, 0.3) is 5.91 Å². The van der Waals surface area contributed by atoms with Crippen LogP contribution in [0.2, 0.25) is 0 Å². The fourth-order valence-corrected chi connectivity index (χ4v) is 3.53. The minimum Gasteiger partial charge on any atom is -0.491 e. The first-order valence-corrected chi connectivity index (χ1v) is 9.75. The second kappa shape index (κ2) is 9.00. The number of carbonyl (C=O) groups is 1. The van der Waals surface area contributed by atoms with Crippen molar-refractivity contribution < 1.29 is 19.0 Å². The first kappa shape index (κ1) is 20.0. The average molecular weight is 411 g/mol. The maximum Gasteiger partial charge on any atom is 0.253 e. The number of nitrogens with zero attached hydrogens (tertiary/aromatic N) is 5. The monoisotopic (exact) mass is 411 g/mol. The number of aliphatic hydroxyl groups is 1. The van der Waals surface area contributed by atoms with Crippen molar-refractivity contribution in [2.24, 2.45) is 0 Å². The van der Waals surface area contributed by atoms with Crippen LogP contribution in [0.15, 0.2) is 54.9 Å². The van der Waals surface area contributed by atoms with Crippen LogP contribution in [0.25, 0.3) is 0 Å². The van der Waals surface area contributed by atoms with Gasteiger partial charge in [-0.25, -0.2) is 4.39 Å². The molecule has 1 aliphatic heterocycles. The summed E-state index contributed by atoms with van der Waals surface area (Å²) in [4.78, 5) is 15.9. The van der Waals surface area contributed by atoms with Gasteiger partial charge in [0, 0.05) is 24.6 Å². The number of likely N-dealkylation sites (tertiary alicyclic amines) is 1. The Kier molecular flexibility index (Phi) is 5.99. The summed E-state index contributed by atoms with van der Waals surface area (Å²) in [6, 6.07) is 13.3. The van der Waals surface area contributed by atoms with Crippen LogP contribution in [0.3, 0.4) is 0 Å². The van der Waals surface area contributed by atoms with E-state index in [1.54, 1.807) is 36.4 Å². The average Bonchev–Trinajstić information content (AvgIpc) is 3.45. The first-order valence-electron chi connectivity index (χ1n) is 9.75. The predicted molar refractivity (Wildman–Crippen MR) is 105 cm³/mol. The zero-order chi connectivity index (χ0) is 20.9. The summed E-state index contributed by atoms with van der Waals surface area (Å²) in [5, 5.41) is 21.1. The van der Waals surface area contributed by atoms with Gasteiger partial charge >= 0.3 is 0 Å². The molecule has 1 amide bonds. The summed E-state index contributed by atoms with van der Waals surface area (Å²) in [5.74, 6) is 0.485. The van der Waals surface area contributed by atoms with Gasteiger partial charge in [-0.1, -0.05) is 12.1 Å². The van der Waals surface area contributed by atoms with E-state index < -0.39 is 6.10 Å². The Balaban J connectivity index is 1.29. The standard InChI is InChI=1S/C21H22FN5O3/c22-18-5-1-15(2-6-18)17-9-10-26(11-17)21(29)16-3-7-20(8-4-16)30-13-19(28)12-27-24-14-23-25-27/h1-8,14,17,19,28H,9-13H2/t17-,19-/m0/s1. The smallest absolute Gasteiger partial charge is 0.253 e. The van der Waals surface area contributed by atoms with Crippen molar-refractivity contribution in [3.63, 3.8) is 0 Å². The van der Waals surface area contributed by atoms with E-state index in [4.69, 9.17) is 4.74 Å². The highest BCUT2D eigenvalue weighted by Crippen LogP contribution is 2.28. The maximum absolute atomic E-state index is 13.1. The van der Waals surface area contributed by atoms with Crippen molar-refractivity contribution in [3.8, 4) is 5.75 Å². The molecule has 0 aliphatic carbocycles. The molecule has 1 saturated heterocycles. The Morgan fingerprint density at radius 1 is 1.20 bits per heavy atom. The molecule has 3 aromatic rings. The molecule has 1 aromatic heterocycles. The normalized spacial score (nSPS) is 17.1. The first-order chi connectivity index (χ1) is 14.6. The van der Waals surface area contributed by atoms with Gasteiger partial charge in [0.05, 0.1) is 6.54 Å². The molecular formula is C21H22FN5O3. The SMILES string of the molecule is O=C(c1ccc(OC[C@@H](O)Cn2ncnn2)cc1)N1CC[C@H](c2ccc(F)cc2)C1. The second-order valence-corrected chi connectivity index (χ2v) is 7.27. The largest absolute Gasteiger partial charge is 0.491 e. The molecule has 30 heavy (non-hydrogen) atoms. The van der Waals surface area contributed by atoms with Crippen LogP contribution in [0.5, 0.6) is 5.75 Å². The van der Waals surface area contributed by atoms with E-state index in [1.165, 1.54) is 23.3 Å². The van der Waals surface area contributed by atoms with Crippen LogP contribution < -0.4 is 4.74 Å². The van der Waals surface area contributed by atoms with Gasteiger partial charge in [0.1, 0.15) is 24.3 Å². The Bertz CT molecular complexity index is 963. The zero-order valence-electron chi connectivity index (χ0n) is 16.3. The van der Waals surface area contributed by atoms with E-state index in [2.05, 4.69) is 15.4 Å². The lowest BCUT2D eigenvalue weighted by Gasteiger charge is -2.17. The third-order valence-corrected chi connectivity index (χ3v) is 5.13. The predicted octanol–water partition coefficient (Wildman–Crippen LogP) is 1.88. The quantitative estimate of drug-likeness (QED) is 0.638. The van der Waals surface area contributed by atoms with Gasteiger partial charge in [-0.3, -0.25) is 4.79 Å². The molecule has 1 aliphatic rings. The van der Waals surface area contributed by atoms with Crippen molar-refractivity contribution in [2.45, 2.75) is 25.0 Å². The van der Waals surface area contributed by atoms with E-state index in [1.807, 2.05) is 4.90 Å². The molecule has 1 N–H and O–H groups in total. The topological polar surface area (TPSA) is 93.4 Å². The van der Waals surface area contributed by atoms with Gasteiger partial charge in [-0.2, -0.15) is 4.80 Å². The molecule has 1 fully saturated rings. The maximum atomic E-state index is 13.1. The third kappa shape index (κ3) is 4.80. The number of halogens is 1. The Morgan fingerprint density at radius 3 is 2.67 bits per heavy atom. The molecule has 2 aromatic carbocycles. The molecule has 0 unspecified atom stereocenters. The Morgan fingerprint density at radius 2 is 1.97 bits per heavy atom. The van der Waals surface area contributed by atoms with E-state index in [0.717, 1.165) is 12.0 Å². The lowest BCUT2D eigenvalue weighted by atomic mass is 9.99. The lowest BCUT2D eigenvalue weighted by Crippen LogP contribution is -2.28. The highest BCUT2D eigenvalue weighted by atomic mass is 19.1.